The second kappa shape index (κ2) is 8.04. The Kier molecular flexibility index (Phi) is 6.69. The van der Waals surface area contributed by atoms with E-state index in [1.165, 1.54) is 4.31 Å². The van der Waals surface area contributed by atoms with Crippen LogP contribution in [0.4, 0.5) is 19.3 Å². The van der Waals surface area contributed by atoms with E-state index in [9.17, 15) is 22.0 Å². The highest BCUT2D eigenvalue weighted by atomic mass is 32.2. The Morgan fingerprint density at radius 3 is 2.59 bits per heavy atom. The molecule has 0 unspecified atom stereocenters. The minimum Gasteiger partial charge on any atom is -0.338 e. The Morgan fingerprint density at radius 1 is 1.32 bits per heavy atom. The number of nitrogens with zero attached hydrogens (tertiary/aromatic N) is 1. The molecule has 6 nitrogen and oxygen atoms in total. The third-order valence-electron chi connectivity index (χ3n) is 2.87. The summed E-state index contributed by atoms with van der Waals surface area (Å²) in [5.74, 6) is -1.41. The lowest BCUT2D eigenvalue weighted by Gasteiger charge is -2.17. The molecular formula is C13H19F2N3O3S. The number of urea groups is 1. The van der Waals surface area contributed by atoms with Crippen molar-refractivity contribution >= 4 is 21.7 Å². The molecule has 0 spiro atoms. The average molecular weight is 335 g/mol. The molecule has 0 aromatic heterocycles. The van der Waals surface area contributed by atoms with E-state index < -0.39 is 27.7 Å². The summed E-state index contributed by atoms with van der Waals surface area (Å²) in [4.78, 5) is 11.5. The highest BCUT2D eigenvalue weighted by Crippen LogP contribution is 2.14. The zero-order valence-corrected chi connectivity index (χ0v) is 13.2. The molecule has 0 fully saturated rings. The summed E-state index contributed by atoms with van der Waals surface area (Å²) >= 11 is 0. The number of amides is 2. The van der Waals surface area contributed by atoms with Gasteiger partial charge < -0.3 is 10.6 Å². The Morgan fingerprint density at radius 2 is 2.00 bits per heavy atom. The van der Waals surface area contributed by atoms with Crippen LogP contribution >= 0.6 is 0 Å². The molecule has 0 atom stereocenters. The van der Waals surface area contributed by atoms with Crippen LogP contribution in [0.5, 0.6) is 0 Å². The summed E-state index contributed by atoms with van der Waals surface area (Å²) in [6.07, 6.45) is 1.52. The van der Waals surface area contributed by atoms with E-state index in [-0.39, 0.29) is 18.8 Å². The lowest BCUT2D eigenvalue weighted by atomic mass is 10.3. The zero-order valence-electron chi connectivity index (χ0n) is 12.4. The number of sulfonamides is 1. The van der Waals surface area contributed by atoms with Gasteiger partial charge in [0.1, 0.15) is 11.6 Å². The number of carbonyl (C=O) groups is 1. The molecule has 0 radical (unpaired) electrons. The van der Waals surface area contributed by atoms with Gasteiger partial charge in [-0.1, -0.05) is 6.92 Å². The van der Waals surface area contributed by atoms with Crippen molar-refractivity contribution in [2.45, 2.75) is 13.3 Å². The number of nitrogens with one attached hydrogen (secondary N) is 2. The van der Waals surface area contributed by atoms with Gasteiger partial charge in [0.15, 0.2) is 0 Å². The SMILES string of the molecule is CCN(CCCNC(=O)Nc1cc(F)ccc1F)S(C)(=O)=O. The second-order valence-corrected chi connectivity index (χ2v) is 6.60. The molecule has 1 aromatic rings. The van der Waals surface area contributed by atoms with E-state index in [1.54, 1.807) is 6.92 Å². The van der Waals surface area contributed by atoms with Gasteiger partial charge in [-0.3, -0.25) is 0 Å². The summed E-state index contributed by atoms with van der Waals surface area (Å²) < 4.78 is 50.2. The topological polar surface area (TPSA) is 78.5 Å². The van der Waals surface area contributed by atoms with Crippen LogP contribution in [0.15, 0.2) is 18.2 Å². The molecule has 0 bridgehead atoms. The molecule has 0 heterocycles. The standard InChI is InChI=1S/C13H19F2N3O3S/c1-3-18(22(2,20)21)8-4-7-16-13(19)17-12-9-10(14)5-6-11(12)15/h5-6,9H,3-4,7-8H2,1-2H3,(H2,16,17,19). The molecule has 0 saturated carbocycles. The number of hydrogen-bond donors (Lipinski definition) is 2. The Balaban J connectivity index is 2.39. The number of carbonyl (C=O) groups excluding carboxylic acids is 1. The first-order valence-corrected chi connectivity index (χ1v) is 8.54. The van der Waals surface area contributed by atoms with Crippen LogP contribution in [0.3, 0.4) is 0 Å². The van der Waals surface area contributed by atoms with Gasteiger partial charge in [-0.2, -0.15) is 0 Å². The fourth-order valence-corrected chi connectivity index (χ4v) is 2.71. The fourth-order valence-electron chi connectivity index (χ4n) is 1.78. The predicted molar refractivity (Wildman–Crippen MR) is 80.1 cm³/mol. The molecule has 0 aliphatic carbocycles. The normalized spacial score (nSPS) is 11.5. The van der Waals surface area contributed by atoms with Crippen LogP contribution in [-0.4, -0.2) is 44.6 Å². The van der Waals surface area contributed by atoms with Gasteiger partial charge in [0.25, 0.3) is 0 Å². The van der Waals surface area contributed by atoms with Gasteiger partial charge in [0.05, 0.1) is 11.9 Å². The lowest BCUT2D eigenvalue weighted by Crippen LogP contribution is -2.35. The third-order valence-corrected chi connectivity index (χ3v) is 4.25. The smallest absolute Gasteiger partial charge is 0.319 e. The van der Waals surface area contributed by atoms with Crippen molar-refractivity contribution in [2.24, 2.45) is 0 Å². The minimum absolute atomic E-state index is 0.203. The van der Waals surface area contributed by atoms with Crippen molar-refractivity contribution < 1.29 is 22.0 Å². The third kappa shape index (κ3) is 5.94. The molecule has 1 rings (SSSR count). The monoisotopic (exact) mass is 335 g/mol. The zero-order chi connectivity index (χ0) is 16.8. The highest BCUT2D eigenvalue weighted by molar-refractivity contribution is 7.88. The van der Waals surface area contributed by atoms with Crippen molar-refractivity contribution in [3.63, 3.8) is 0 Å². The van der Waals surface area contributed by atoms with Gasteiger partial charge in [0, 0.05) is 25.7 Å². The first-order valence-electron chi connectivity index (χ1n) is 6.69. The molecule has 1 aromatic carbocycles. The summed E-state index contributed by atoms with van der Waals surface area (Å²) in [7, 11) is -3.26. The lowest BCUT2D eigenvalue weighted by molar-refractivity contribution is 0.251. The van der Waals surface area contributed by atoms with E-state index in [1.807, 2.05) is 0 Å². The van der Waals surface area contributed by atoms with Crippen LogP contribution < -0.4 is 10.6 Å². The maximum absolute atomic E-state index is 13.3. The van der Waals surface area contributed by atoms with Crippen LogP contribution in [-0.2, 0) is 10.0 Å². The molecule has 2 amide bonds. The number of anilines is 1. The quantitative estimate of drug-likeness (QED) is 0.745. The van der Waals surface area contributed by atoms with Gasteiger partial charge in [-0.05, 0) is 18.6 Å². The Hall–Kier alpha value is -1.74. The molecule has 0 aliphatic heterocycles. The number of hydrogen-bond acceptors (Lipinski definition) is 3. The van der Waals surface area contributed by atoms with Gasteiger partial charge in [0.2, 0.25) is 10.0 Å². The molecule has 0 aliphatic rings. The number of benzene rings is 1. The predicted octanol–water partition coefficient (Wildman–Crippen LogP) is 1.76. The van der Waals surface area contributed by atoms with E-state index in [0.717, 1.165) is 24.5 Å². The molecule has 0 saturated heterocycles. The molecule has 22 heavy (non-hydrogen) atoms. The van der Waals surface area contributed by atoms with Crippen LogP contribution in [0.25, 0.3) is 0 Å². The first kappa shape index (κ1) is 18.3. The Labute approximate surface area is 128 Å². The largest absolute Gasteiger partial charge is 0.338 e. The van der Waals surface area contributed by atoms with E-state index in [0.29, 0.717) is 13.0 Å². The van der Waals surface area contributed by atoms with Crippen molar-refractivity contribution in [2.75, 3.05) is 31.2 Å². The van der Waals surface area contributed by atoms with E-state index in [4.69, 9.17) is 0 Å². The first-order chi connectivity index (χ1) is 10.2. The molecule has 124 valence electrons. The summed E-state index contributed by atoms with van der Waals surface area (Å²) in [6.45, 7) is 2.53. The van der Waals surface area contributed by atoms with E-state index >= 15 is 0 Å². The van der Waals surface area contributed by atoms with Crippen molar-refractivity contribution in [3.8, 4) is 0 Å². The average Bonchev–Trinajstić information content (AvgIpc) is 2.41. The maximum Gasteiger partial charge on any atom is 0.319 e. The summed E-state index contributed by atoms with van der Waals surface area (Å²) in [6, 6.07) is 2.04. The molecule has 9 heteroatoms. The minimum atomic E-state index is -3.26. The van der Waals surface area contributed by atoms with Crippen molar-refractivity contribution in [3.05, 3.63) is 29.8 Å². The maximum atomic E-state index is 13.3. The van der Waals surface area contributed by atoms with Gasteiger partial charge in [-0.15, -0.1) is 0 Å². The number of rotatable bonds is 7. The summed E-state index contributed by atoms with van der Waals surface area (Å²) in [5.41, 5.74) is -0.260. The highest BCUT2D eigenvalue weighted by Gasteiger charge is 2.13. The second-order valence-electron chi connectivity index (χ2n) is 4.61. The van der Waals surface area contributed by atoms with Crippen LogP contribution in [0.2, 0.25) is 0 Å². The van der Waals surface area contributed by atoms with Crippen molar-refractivity contribution in [1.29, 1.82) is 0 Å². The van der Waals surface area contributed by atoms with Gasteiger partial charge >= 0.3 is 6.03 Å². The van der Waals surface area contributed by atoms with Crippen LogP contribution in [0.1, 0.15) is 13.3 Å². The number of halogens is 2. The molecular weight excluding hydrogens is 316 g/mol. The summed E-state index contributed by atoms with van der Waals surface area (Å²) in [5, 5.41) is 4.63. The molecule has 2 N–H and O–H groups in total. The van der Waals surface area contributed by atoms with Gasteiger partial charge in [-0.25, -0.2) is 26.3 Å². The van der Waals surface area contributed by atoms with Crippen LogP contribution in [0, 0.1) is 11.6 Å². The van der Waals surface area contributed by atoms with Crippen molar-refractivity contribution in [1.82, 2.24) is 9.62 Å². The van der Waals surface area contributed by atoms with E-state index in [2.05, 4.69) is 10.6 Å². The Bertz CT molecular complexity index is 623. The fraction of sp³-hybridized carbons (Fsp3) is 0.462.